The maximum Gasteiger partial charge on any atom is 0.308 e. The van der Waals surface area contributed by atoms with Crippen LogP contribution in [0.4, 0.5) is 0 Å². The molecule has 3 rings (SSSR count). The number of para-hydroxylation sites is 1. The van der Waals surface area contributed by atoms with E-state index in [0.717, 1.165) is 3.57 Å². The van der Waals surface area contributed by atoms with Gasteiger partial charge in [-0.05, 0) is 52.9 Å². The van der Waals surface area contributed by atoms with E-state index in [4.69, 9.17) is 18.9 Å². The van der Waals surface area contributed by atoms with E-state index in [9.17, 15) is 9.59 Å². The van der Waals surface area contributed by atoms with E-state index < -0.39 is 12.2 Å². The first-order valence-electron chi connectivity index (χ1n) is 8.60. The highest BCUT2D eigenvalue weighted by Crippen LogP contribution is 2.41. The van der Waals surface area contributed by atoms with Gasteiger partial charge in [-0.2, -0.15) is 5.01 Å². The van der Waals surface area contributed by atoms with Gasteiger partial charge < -0.3 is 18.9 Å². The zero-order valence-corrected chi connectivity index (χ0v) is 18.4. The standard InChI is InChI=1S/C20H19IN2O6/c1-11(24)23-20(14-6-5-7-17(26-3)18(14)27-4)29-19(22-23)15-10-13(21)8-9-16(15)28-12(2)25/h5-10,20H,1-4H3. The van der Waals surface area contributed by atoms with Gasteiger partial charge in [0.25, 0.3) is 0 Å². The summed E-state index contributed by atoms with van der Waals surface area (Å²) in [5.74, 6) is 0.587. The van der Waals surface area contributed by atoms with Crippen LogP contribution >= 0.6 is 22.6 Å². The molecule has 0 aliphatic carbocycles. The number of methoxy groups -OCH3 is 2. The smallest absolute Gasteiger partial charge is 0.308 e. The third kappa shape index (κ3) is 4.29. The normalized spacial score (nSPS) is 15.4. The lowest BCUT2D eigenvalue weighted by molar-refractivity contribution is -0.135. The van der Waals surface area contributed by atoms with Crippen LogP contribution in [0.25, 0.3) is 0 Å². The third-order valence-electron chi connectivity index (χ3n) is 4.09. The van der Waals surface area contributed by atoms with Crippen LogP contribution in [0.2, 0.25) is 0 Å². The number of carbonyl (C=O) groups is 2. The van der Waals surface area contributed by atoms with Crippen LogP contribution in [-0.2, 0) is 14.3 Å². The Bertz CT molecular complexity index is 991. The Hall–Kier alpha value is -2.82. The first-order valence-corrected chi connectivity index (χ1v) is 9.67. The highest BCUT2D eigenvalue weighted by atomic mass is 127. The van der Waals surface area contributed by atoms with Crippen LogP contribution in [0.15, 0.2) is 41.5 Å². The molecule has 0 aromatic heterocycles. The van der Waals surface area contributed by atoms with Crippen molar-refractivity contribution in [2.75, 3.05) is 14.2 Å². The molecule has 0 saturated carbocycles. The molecule has 0 radical (unpaired) electrons. The van der Waals surface area contributed by atoms with Crippen LogP contribution in [0.3, 0.4) is 0 Å². The quantitative estimate of drug-likeness (QED) is 0.348. The van der Waals surface area contributed by atoms with Gasteiger partial charge in [-0.25, -0.2) is 0 Å². The molecule has 1 atom stereocenters. The molecule has 0 N–H and O–H groups in total. The number of nitrogens with zero attached hydrogens (tertiary/aromatic N) is 2. The molecule has 1 amide bonds. The maximum absolute atomic E-state index is 12.3. The van der Waals surface area contributed by atoms with E-state index in [1.165, 1.54) is 33.1 Å². The molecule has 2 aromatic carbocycles. The first-order chi connectivity index (χ1) is 13.8. The van der Waals surface area contributed by atoms with Crippen molar-refractivity contribution in [1.29, 1.82) is 0 Å². The number of carbonyl (C=O) groups excluding carboxylic acids is 2. The van der Waals surface area contributed by atoms with E-state index >= 15 is 0 Å². The van der Waals surface area contributed by atoms with Crippen molar-refractivity contribution in [3.8, 4) is 17.2 Å². The summed E-state index contributed by atoms with van der Waals surface area (Å²) in [7, 11) is 3.04. The van der Waals surface area contributed by atoms with E-state index in [1.54, 1.807) is 36.4 Å². The van der Waals surface area contributed by atoms with Gasteiger partial charge >= 0.3 is 5.97 Å². The number of amides is 1. The molecular formula is C20H19IN2O6. The molecule has 1 aliphatic rings. The Balaban J connectivity index is 2.07. The Morgan fingerprint density at radius 1 is 1.10 bits per heavy atom. The molecular weight excluding hydrogens is 491 g/mol. The summed E-state index contributed by atoms with van der Waals surface area (Å²) in [5.41, 5.74) is 1.03. The molecule has 1 aliphatic heterocycles. The number of halogens is 1. The number of hydrogen-bond acceptors (Lipinski definition) is 7. The second kappa shape index (κ2) is 8.68. The molecule has 1 unspecified atom stereocenters. The summed E-state index contributed by atoms with van der Waals surface area (Å²) < 4.78 is 23.0. The minimum absolute atomic E-state index is 0.157. The van der Waals surface area contributed by atoms with Crippen LogP contribution < -0.4 is 14.2 Å². The van der Waals surface area contributed by atoms with Crippen molar-refractivity contribution < 1.29 is 28.5 Å². The fourth-order valence-corrected chi connectivity index (χ4v) is 3.39. The lowest BCUT2D eigenvalue weighted by Gasteiger charge is -2.22. The molecule has 152 valence electrons. The summed E-state index contributed by atoms with van der Waals surface area (Å²) in [4.78, 5) is 23.7. The summed E-state index contributed by atoms with van der Waals surface area (Å²) in [6, 6.07) is 10.5. The summed E-state index contributed by atoms with van der Waals surface area (Å²) in [6.07, 6.45) is -0.865. The number of rotatable bonds is 5. The first kappa shape index (κ1) is 20.9. The molecule has 29 heavy (non-hydrogen) atoms. The van der Waals surface area contributed by atoms with E-state index in [2.05, 4.69) is 27.7 Å². The van der Waals surface area contributed by atoms with Gasteiger partial charge in [0.15, 0.2) is 11.5 Å². The van der Waals surface area contributed by atoms with Gasteiger partial charge in [-0.3, -0.25) is 9.59 Å². The predicted molar refractivity (Wildman–Crippen MR) is 113 cm³/mol. The van der Waals surface area contributed by atoms with Crippen LogP contribution in [-0.4, -0.2) is 37.0 Å². The zero-order chi connectivity index (χ0) is 21.1. The summed E-state index contributed by atoms with van der Waals surface area (Å²) in [5, 5.41) is 5.56. The Labute approximate surface area is 181 Å². The van der Waals surface area contributed by atoms with Crippen molar-refractivity contribution in [3.63, 3.8) is 0 Å². The van der Waals surface area contributed by atoms with Gasteiger partial charge in [-0.1, -0.05) is 6.07 Å². The average molecular weight is 510 g/mol. The Morgan fingerprint density at radius 3 is 2.48 bits per heavy atom. The monoisotopic (exact) mass is 510 g/mol. The van der Waals surface area contributed by atoms with Gasteiger partial charge in [0.1, 0.15) is 5.75 Å². The van der Waals surface area contributed by atoms with Crippen LogP contribution in [0, 0.1) is 3.57 Å². The lowest BCUT2D eigenvalue weighted by atomic mass is 10.1. The molecule has 0 spiro atoms. The van der Waals surface area contributed by atoms with Gasteiger partial charge in [-0.15, -0.1) is 5.10 Å². The number of hydrogen-bond donors (Lipinski definition) is 0. The minimum atomic E-state index is -0.865. The number of benzene rings is 2. The van der Waals surface area contributed by atoms with E-state index in [-0.39, 0.29) is 11.8 Å². The highest BCUT2D eigenvalue weighted by molar-refractivity contribution is 14.1. The van der Waals surface area contributed by atoms with E-state index in [0.29, 0.717) is 28.4 Å². The topological polar surface area (TPSA) is 86.7 Å². The minimum Gasteiger partial charge on any atom is -0.493 e. The third-order valence-corrected chi connectivity index (χ3v) is 4.76. The summed E-state index contributed by atoms with van der Waals surface area (Å²) >= 11 is 2.13. The molecule has 8 nitrogen and oxygen atoms in total. The number of hydrazone groups is 1. The van der Waals surface area contributed by atoms with Crippen molar-refractivity contribution in [1.82, 2.24) is 5.01 Å². The van der Waals surface area contributed by atoms with Crippen LogP contribution in [0.1, 0.15) is 31.2 Å². The highest BCUT2D eigenvalue weighted by Gasteiger charge is 2.37. The molecule has 9 heteroatoms. The molecule has 0 bridgehead atoms. The van der Waals surface area contributed by atoms with Gasteiger partial charge in [0.05, 0.1) is 25.3 Å². The fraction of sp³-hybridized carbons (Fsp3) is 0.250. The predicted octanol–water partition coefficient (Wildman–Crippen LogP) is 3.47. The van der Waals surface area contributed by atoms with Crippen molar-refractivity contribution in [2.24, 2.45) is 5.10 Å². The molecule has 2 aromatic rings. The van der Waals surface area contributed by atoms with Gasteiger partial charge in [0.2, 0.25) is 18.0 Å². The maximum atomic E-state index is 12.3. The lowest BCUT2D eigenvalue weighted by Crippen LogP contribution is -2.25. The fourth-order valence-electron chi connectivity index (χ4n) is 2.90. The SMILES string of the molecule is COc1cccc(C2OC(c3cc(I)ccc3OC(C)=O)=NN2C(C)=O)c1OC. The van der Waals surface area contributed by atoms with Crippen molar-refractivity contribution in [2.45, 2.75) is 20.1 Å². The second-order valence-corrected chi connectivity index (χ2v) is 7.30. The largest absolute Gasteiger partial charge is 0.493 e. The Morgan fingerprint density at radius 2 is 1.86 bits per heavy atom. The van der Waals surface area contributed by atoms with Gasteiger partial charge in [0, 0.05) is 17.4 Å². The second-order valence-electron chi connectivity index (χ2n) is 6.06. The Kier molecular flexibility index (Phi) is 6.26. The molecule has 1 heterocycles. The zero-order valence-electron chi connectivity index (χ0n) is 16.3. The van der Waals surface area contributed by atoms with E-state index in [1.807, 2.05) is 0 Å². The van der Waals surface area contributed by atoms with Crippen molar-refractivity contribution >= 4 is 40.4 Å². The number of ether oxygens (including phenoxy) is 4. The molecule has 0 fully saturated rings. The number of esters is 1. The molecule has 0 saturated heterocycles. The summed E-state index contributed by atoms with van der Waals surface area (Å²) in [6.45, 7) is 2.70. The van der Waals surface area contributed by atoms with Crippen molar-refractivity contribution in [3.05, 3.63) is 51.1 Å². The van der Waals surface area contributed by atoms with Crippen LogP contribution in [0.5, 0.6) is 17.2 Å². The average Bonchev–Trinajstić information content (AvgIpc) is 3.13.